The highest BCUT2D eigenvalue weighted by Crippen LogP contribution is 2.60. The van der Waals surface area contributed by atoms with E-state index in [0.29, 0.717) is 17.9 Å². The molecule has 1 aromatic carbocycles. The van der Waals surface area contributed by atoms with E-state index in [4.69, 9.17) is 4.74 Å². The average Bonchev–Trinajstić information content (AvgIpc) is 3.30. The molecular formula is C21H23Br2NO4. The predicted octanol–water partition coefficient (Wildman–Crippen LogP) is 4.32. The summed E-state index contributed by atoms with van der Waals surface area (Å²) in [4.78, 5) is 40.0. The number of carbonyl (C=O) groups excluding carboxylic acids is 3. The summed E-state index contributed by atoms with van der Waals surface area (Å²) in [5.74, 6) is -0.683. The van der Waals surface area contributed by atoms with Crippen LogP contribution in [0.15, 0.2) is 24.3 Å². The summed E-state index contributed by atoms with van der Waals surface area (Å²) in [5.41, 5.74) is 0.962. The van der Waals surface area contributed by atoms with Gasteiger partial charge in [-0.25, -0.2) is 4.79 Å². The molecule has 150 valence electrons. The Hall–Kier alpha value is -1.21. The normalized spacial score (nSPS) is 33.5. The zero-order valence-electron chi connectivity index (χ0n) is 15.6. The lowest BCUT2D eigenvalue weighted by atomic mass is 9.81. The number of anilines is 1. The largest absolute Gasteiger partial charge is 0.462 e. The van der Waals surface area contributed by atoms with E-state index in [0.717, 1.165) is 25.7 Å². The number of halogens is 2. The monoisotopic (exact) mass is 511 g/mol. The first-order valence-corrected chi connectivity index (χ1v) is 11.7. The van der Waals surface area contributed by atoms with Gasteiger partial charge in [-0.2, -0.15) is 0 Å². The van der Waals surface area contributed by atoms with Gasteiger partial charge in [0.15, 0.2) is 0 Å². The van der Waals surface area contributed by atoms with Crippen molar-refractivity contribution in [3.05, 3.63) is 29.8 Å². The van der Waals surface area contributed by atoms with Gasteiger partial charge in [0.25, 0.3) is 0 Å². The van der Waals surface area contributed by atoms with E-state index in [1.54, 1.807) is 24.3 Å². The number of ether oxygens (including phenoxy) is 1. The second kappa shape index (κ2) is 7.90. The Morgan fingerprint density at radius 2 is 1.61 bits per heavy atom. The van der Waals surface area contributed by atoms with E-state index in [2.05, 4.69) is 38.8 Å². The van der Waals surface area contributed by atoms with Gasteiger partial charge in [-0.3, -0.25) is 14.5 Å². The van der Waals surface area contributed by atoms with Gasteiger partial charge in [-0.05, 0) is 48.9 Å². The molecule has 0 N–H and O–H groups in total. The summed E-state index contributed by atoms with van der Waals surface area (Å²) in [6.45, 7) is 2.50. The fourth-order valence-electron chi connectivity index (χ4n) is 4.95. The molecule has 2 aliphatic carbocycles. The molecular weight excluding hydrogens is 490 g/mol. The molecule has 1 heterocycles. The molecule has 1 saturated heterocycles. The van der Waals surface area contributed by atoms with Crippen LogP contribution < -0.4 is 4.90 Å². The first kappa shape index (κ1) is 20.1. The van der Waals surface area contributed by atoms with E-state index in [-0.39, 0.29) is 51.1 Å². The molecule has 2 amide bonds. The number of benzene rings is 1. The maximum absolute atomic E-state index is 13.0. The summed E-state index contributed by atoms with van der Waals surface area (Å²) in [6, 6.07) is 6.58. The van der Waals surface area contributed by atoms with Crippen molar-refractivity contribution >= 4 is 55.3 Å². The number of carbonyl (C=O) groups is 3. The Morgan fingerprint density at radius 3 is 2.14 bits per heavy atom. The van der Waals surface area contributed by atoms with Crippen molar-refractivity contribution in [2.75, 3.05) is 11.5 Å². The van der Waals surface area contributed by atoms with E-state index >= 15 is 0 Å². The predicted molar refractivity (Wildman–Crippen MR) is 113 cm³/mol. The van der Waals surface area contributed by atoms with Crippen molar-refractivity contribution in [2.24, 2.45) is 23.7 Å². The summed E-state index contributed by atoms with van der Waals surface area (Å²) in [5, 5.41) is 0. The summed E-state index contributed by atoms with van der Waals surface area (Å²) in [6.07, 6.45) is 3.86. The van der Waals surface area contributed by atoms with Crippen LogP contribution in [-0.2, 0) is 14.3 Å². The van der Waals surface area contributed by atoms with Crippen LogP contribution >= 0.6 is 31.9 Å². The summed E-state index contributed by atoms with van der Waals surface area (Å²) < 4.78 is 5.26. The zero-order valence-corrected chi connectivity index (χ0v) is 18.8. The molecule has 1 aliphatic heterocycles. The van der Waals surface area contributed by atoms with E-state index in [1.807, 2.05) is 0 Å². The number of alkyl halides is 2. The molecule has 28 heavy (non-hydrogen) atoms. The number of imide groups is 1. The fourth-order valence-corrected chi connectivity index (χ4v) is 6.82. The molecule has 7 heteroatoms. The van der Waals surface area contributed by atoms with E-state index in [9.17, 15) is 14.4 Å². The number of amides is 2. The van der Waals surface area contributed by atoms with Crippen molar-refractivity contribution in [3.63, 3.8) is 0 Å². The van der Waals surface area contributed by atoms with Crippen LogP contribution in [0.5, 0.6) is 0 Å². The third-order valence-corrected chi connectivity index (χ3v) is 9.54. The molecule has 4 rings (SSSR count). The standard InChI is InChI=1S/C21H23Br2NO4/c1-2-3-4-9-28-21(27)11-5-7-12(8-6-11)24-19(25)15-13-10-14(16(15)20(24)26)18(23)17(13)22/h5-8,13-18H,2-4,9-10H2,1H3/t13-,14-,15-,16+,17+,18+/m1/s1. The van der Waals surface area contributed by atoms with Gasteiger partial charge >= 0.3 is 5.97 Å². The van der Waals surface area contributed by atoms with Crippen molar-refractivity contribution < 1.29 is 19.1 Å². The van der Waals surface area contributed by atoms with Crippen LogP contribution in [0.4, 0.5) is 5.69 Å². The van der Waals surface area contributed by atoms with Crippen LogP contribution in [0.25, 0.3) is 0 Å². The second-order valence-corrected chi connectivity index (χ2v) is 10.0. The number of hydrogen-bond acceptors (Lipinski definition) is 4. The molecule has 1 aromatic rings. The lowest BCUT2D eigenvalue weighted by molar-refractivity contribution is -0.123. The zero-order chi connectivity index (χ0) is 20.0. The van der Waals surface area contributed by atoms with E-state index < -0.39 is 0 Å². The van der Waals surface area contributed by atoms with Crippen LogP contribution in [0.3, 0.4) is 0 Å². The third kappa shape index (κ3) is 3.15. The van der Waals surface area contributed by atoms with Gasteiger partial charge in [0.2, 0.25) is 11.8 Å². The average molecular weight is 513 g/mol. The van der Waals surface area contributed by atoms with Crippen LogP contribution in [-0.4, -0.2) is 34.0 Å². The van der Waals surface area contributed by atoms with Gasteiger partial charge in [0.1, 0.15) is 0 Å². The minimum absolute atomic E-state index is 0.110. The Morgan fingerprint density at radius 1 is 1.04 bits per heavy atom. The second-order valence-electron chi connectivity index (χ2n) is 7.91. The number of rotatable bonds is 6. The van der Waals surface area contributed by atoms with Crippen molar-refractivity contribution in [3.8, 4) is 0 Å². The van der Waals surface area contributed by atoms with Crippen molar-refractivity contribution in [1.29, 1.82) is 0 Å². The lowest BCUT2D eigenvalue weighted by Gasteiger charge is -2.28. The fraction of sp³-hybridized carbons (Fsp3) is 0.571. The number of nitrogens with zero attached hydrogens (tertiary/aromatic N) is 1. The molecule has 2 bridgehead atoms. The molecule has 6 atom stereocenters. The number of hydrogen-bond donors (Lipinski definition) is 0. The molecule has 0 aromatic heterocycles. The Balaban J connectivity index is 1.47. The molecule has 2 saturated carbocycles. The summed E-state index contributed by atoms with van der Waals surface area (Å²) in [7, 11) is 0. The molecule has 3 aliphatic rings. The Labute approximate surface area is 181 Å². The topological polar surface area (TPSA) is 63.7 Å². The third-order valence-electron chi connectivity index (χ3n) is 6.33. The number of unbranched alkanes of at least 4 members (excludes halogenated alkanes) is 2. The van der Waals surface area contributed by atoms with Crippen molar-refractivity contribution in [1.82, 2.24) is 0 Å². The molecule has 0 spiro atoms. The summed E-state index contributed by atoms with van der Waals surface area (Å²) >= 11 is 7.39. The number of fused-ring (bicyclic) bond motifs is 5. The minimum Gasteiger partial charge on any atom is -0.462 e. The Bertz CT molecular complexity index is 764. The first-order chi connectivity index (χ1) is 13.5. The van der Waals surface area contributed by atoms with Gasteiger partial charge in [0, 0.05) is 9.65 Å². The highest BCUT2D eigenvalue weighted by molar-refractivity contribution is 9.12. The van der Waals surface area contributed by atoms with Crippen LogP contribution in [0.1, 0.15) is 43.0 Å². The highest BCUT2D eigenvalue weighted by atomic mass is 79.9. The van der Waals surface area contributed by atoms with Crippen molar-refractivity contribution in [2.45, 2.75) is 42.3 Å². The molecule has 0 radical (unpaired) electrons. The quantitative estimate of drug-likeness (QED) is 0.246. The number of esters is 1. The maximum atomic E-state index is 13.0. The molecule has 5 nitrogen and oxygen atoms in total. The van der Waals surface area contributed by atoms with Gasteiger partial charge in [0.05, 0.1) is 29.7 Å². The van der Waals surface area contributed by atoms with Crippen LogP contribution in [0.2, 0.25) is 0 Å². The maximum Gasteiger partial charge on any atom is 0.338 e. The first-order valence-electron chi connectivity index (χ1n) is 9.88. The van der Waals surface area contributed by atoms with E-state index in [1.165, 1.54) is 4.90 Å². The van der Waals surface area contributed by atoms with Gasteiger partial charge in [-0.15, -0.1) is 0 Å². The SMILES string of the molecule is CCCCCOC(=O)c1ccc(N2C(=O)[C@@H]3[C@H]4C[C@@H]([C@H](Br)[C@H]4Br)[C@@H]3C2=O)cc1. The van der Waals surface area contributed by atoms with Crippen LogP contribution in [0, 0.1) is 23.7 Å². The lowest BCUT2D eigenvalue weighted by Crippen LogP contribution is -2.37. The van der Waals surface area contributed by atoms with Gasteiger partial charge < -0.3 is 4.74 Å². The Kier molecular flexibility index (Phi) is 5.67. The smallest absolute Gasteiger partial charge is 0.338 e. The minimum atomic E-state index is -0.374. The highest BCUT2D eigenvalue weighted by Gasteiger charge is 2.66. The molecule has 0 unspecified atom stereocenters. The van der Waals surface area contributed by atoms with Gasteiger partial charge in [-0.1, -0.05) is 51.6 Å². The molecule has 3 fully saturated rings.